The molecule has 2 aromatic carbocycles. The molecule has 0 saturated carbocycles. The summed E-state index contributed by atoms with van der Waals surface area (Å²) in [6.07, 6.45) is 3.71. The minimum atomic E-state index is -0.442. The van der Waals surface area contributed by atoms with Crippen LogP contribution >= 0.6 is 11.8 Å². The lowest BCUT2D eigenvalue weighted by molar-refractivity contribution is -0.120. The minimum absolute atomic E-state index is 0.104. The van der Waals surface area contributed by atoms with Crippen LogP contribution in [0.4, 0.5) is 5.69 Å². The standard InChI is InChI=1S/C22H24N4O3S/c1-15(27)24-19(16-8-10-17(29-3)11-9-16)14-21(28)25-18-6-4-5-7-20(18)30-22-23-12-13-26(22)2/h4-13,19H,14H2,1-3H3,(H,24,27)(H,25,28). The molecule has 0 radical (unpaired) electrons. The molecule has 30 heavy (non-hydrogen) atoms. The summed E-state index contributed by atoms with van der Waals surface area (Å²) < 4.78 is 7.10. The molecule has 1 heterocycles. The molecule has 0 aliphatic heterocycles. The molecule has 3 rings (SSSR count). The molecular weight excluding hydrogens is 400 g/mol. The van der Waals surface area contributed by atoms with Crippen molar-refractivity contribution in [1.82, 2.24) is 14.9 Å². The van der Waals surface area contributed by atoms with E-state index in [1.54, 1.807) is 25.4 Å². The molecule has 0 saturated heterocycles. The van der Waals surface area contributed by atoms with E-state index in [9.17, 15) is 9.59 Å². The first-order valence-corrected chi connectivity index (χ1v) is 10.2. The zero-order chi connectivity index (χ0) is 21.5. The monoisotopic (exact) mass is 424 g/mol. The van der Waals surface area contributed by atoms with Gasteiger partial charge in [-0.25, -0.2) is 4.98 Å². The molecule has 3 aromatic rings. The summed E-state index contributed by atoms with van der Waals surface area (Å²) in [5.41, 5.74) is 1.53. The number of rotatable bonds is 8. The second-order valence-corrected chi connectivity index (χ2v) is 7.71. The van der Waals surface area contributed by atoms with Gasteiger partial charge in [-0.15, -0.1) is 0 Å². The first-order chi connectivity index (χ1) is 14.5. The summed E-state index contributed by atoms with van der Waals surface area (Å²) in [5, 5.41) is 6.64. The normalized spacial score (nSPS) is 11.6. The fourth-order valence-electron chi connectivity index (χ4n) is 2.93. The molecule has 7 nitrogen and oxygen atoms in total. The topological polar surface area (TPSA) is 85.2 Å². The smallest absolute Gasteiger partial charge is 0.226 e. The maximum Gasteiger partial charge on any atom is 0.226 e. The lowest BCUT2D eigenvalue weighted by Crippen LogP contribution is -2.29. The molecule has 156 valence electrons. The Hall–Kier alpha value is -3.26. The number of ether oxygens (including phenoxy) is 1. The quantitative estimate of drug-likeness (QED) is 0.575. The van der Waals surface area contributed by atoms with E-state index in [1.165, 1.54) is 18.7 Å². The van der Waals surface area contributed by atoms with Gasteiger partial charge in [0.2, 0.25) is 11.8 Å². The fraction of sp³-hybridized carbons (Fsp3) is 0.227. The number of nitrogens with zero attached hydrogens (tertiary/aromatic N) is 2. The lowest BCUT2D eigenvalue weighted by atomic mass is 10.0. The van der Waals surface area contributed by atoms with E-state index in [2.05, 4.69) is 15.6 Å². The number of hydrogen-bond donors (Lipinski definition) is 2. The molecule has 1 unspecified atom stereocenters. The third kappa shape index (κ3) is 5.64. The third-order valence-corrected chi connectivity index (χ3v) is 5.58. The molecule has 0 aliphatic rings. The van der Waals surface area contributed by atoms with Crippen LogP contribution in [0.25, 0.3) is 0 Å². The van der Waals surface area contributed by atoms with Crippen molar-refractivity contribution in [3.63, 3.8) is 0 Å². The molecule has 1 atom stereocenters. The molecule has 2 amide bonds. The number of benzene rings is 2. The van der Waals surface area contributed by atoms with Gasteiger partial charge < -0.3 is 19.9 Å². The van der Waals surface area contributed by atoms with Crippen molar-refractivity contribution >= 4 is 29.3 Å². The number of nitrogens with one attached hydrogen (secondary N) is 2. The van der Waals surface area contributed by atoms with E-state index in [0.29, 0.717) is 11.4 Å². The van der Waals surface area contributed by atoms with Crippen molar-refractivity contribution in [2.75, 3.05) is 12.4 Å². The number of carbonyl (C=O) groups excluding carboxylic acids is 2. The fourth-order valence-corrected chi connectivity index (χ4v) is 3.82. The molecule has 0 fully saturated rings. The van der Waals surface area contributed by atoms with Gasteiger partial charge in [-0.05, 0) is 41.6 Å². The molecule has 0 spiro atoms. The first kappa shape index (κ1) is 21.4. The lowest BCUT2D eigenvalue weighted by Gasteiger charge is -2.19. The molecule has 2 N–H and O–H groups in total. The van der Waals surface area contributed by atoms with Crippen LogP contribution in [0.5, 0.6) is 5.75 Å². The van der Waals surface area contributed by atoms with Gasteiger partial charge >= 0.3 is 0 Å². The van der Waals surface area contributed by atoms with E-state index in [1.807, 2.05) is 54.2 Å². The van der Waals surface area contributed by atoms with Gasteiger partial charge in [0, 0.05) is 31.3 Å². The highest BCUT2D eigenvalue weighted by Crippen LogP contribution is 2.32. The summed E-state index contributed by atoms with van der Waals surface area (Å²) >= 11 is 1.47. The second-order valence-electron chi connectivity index (χ2n) is 6.70. The third-order valence-electron chi connectivity index (χ3n) is 4.42. The van der Waals surface area contributed by atoms with Gasteiger partial charge in [-0.3, -0.25) is 9.59 Å². The summed E-state index contributed by atoms with van der Waals surface area (Å²) in [6, 6.07) is 14.4. The molecule has 0 bridgehead atoms. The SMILES string of the molecule is COc1ccc(C(CC(=O)Nc2ccccc2Sc2nccn2C)NC(C)=O)cc1. The largest absolute Gasteiger partial charge is 0.497 e. The Morgan fingerprint density at radius 1 is 1.17 bits per heavy atom. The average molecular weight is 425 g/mol. The van der Waals surface area contributed by atoms with Crippen LogP contribution in [0.15, 0.2) is 71.0 Å². The summed E-state index contributed by atoms with van der Waals surface area (Å²) in [5.74, 6) is 0.317. The van der Waals surface area contributed by atoms with Gasteiger partial charge in [0.15, 0.2) is 5.16 Å². The number of carbonyl (C=O) groups is 2. The Kier molecular flexibility index (Phi) is 7.13. The van der Waals surface area contributed by atoms with Gasteiger partial charge in [0.05, 0.1) is 25.3 Å². The van der Waals surface area contributed by atoms with Crippen LogP contribution < -0.4 is 15.4 Å². The summed E-state index contributed by atoms with van der Waals surface area (Å²) in [4.78, 5) is 29.7. The first-order valence-electron chi connectivity index (χ1n) is 9.41. The van der Waals surface area contributed by atoms with Crippen molar-refractivity contribution < 1.29 is 14.3 Å². The number of aromatic nitrogens is 2. The average Bonchev–Trinajstić information content (AvgIpc) is 3.13. The maximum atomic E-state index is 12.8. The number of hydrogen-bond acceptors (Lipinski definition) is 5. The number of imidazole rings is 1. The van der Waals surface area contributed by atoms with E-state index in [0.717, 1.165) is 15.6 Å². The van der Waals surface area contributed by atoms with Gasteiger partial charge in [0.1, 0.15) is 5.75 Å². The summed E-state index contributed by atoms with van der Waals surface area (Å²) in [7, 11) is 3.51. The van der Waals surface area contributed by atoms with Gasteiger partial charge in [0.25, 0.3) is 0 Å². The van der Waals surface area contributed by atoms with Crippen LogP contribution in [-0.2, 0) is 16.6 Å². The maximum absolute atomic E-state index is 12.8. The minimum Gasteiger partial charge on any atom is -0.497 e. The Labute approximate surface area is 179 Å². The number of aryl methyl sites for hydroxylation is 1. The predicted octanol–water partition coefficient (Wildman–Crippen LogP) is 3.79. The van der Waals surface area contributed by atoms with Crippen LogP contribution in [0.3, 0.4) is 0 Å². The summed E-state index contributed by atoms with van der Waals surface area (Å²) in [6.45, 7) is 1.44. The number of anilines is 1. The second kappa shape index (κ2) is 9.98. The number of para-hydroxylation sites is 1. The molecule has 1 aromatic heterocycles. The van der Waals surface area contributed by atoms with Gasteiger partial charge in [-0.2, -0.15) is 0 Å². The number of methoxy groups -OCH3 is 1. The van der Waals surface area contributed by atoms with Crippen molar-refractivity contribution in [1.29, 1.82) is 0 Å². The van der Waals surface area contributed by atoms with Crippen LogP contribution in [0.1, 0.15) is 24.9 Å². The van der Waals surface area contributed by atoms with Crippen molar-refractivity contribution in [2.45, 2.75) is 29.4 Å². The van der Waals surface area contributed by atoms with E-state index >= 15 is 0 Å². The van der Waals surface area contributed by atoms with Gasteiger partial charge in [-0.1, -0.05) is 24.3 Å². The Morgan fingerprint density at radius 2 is 1.90 bits per heavy atom. The van der Waals surface area contributed by atoms with E-state index in [-0.39, 0.29) is 18.2 Å². The highest BCUT2D eigenvalue weighted by atomic mass is 32.2. The van der Waals surface area contributed by atoms with Crippen LogP contribution in [-0.4, -0.2) is 28.5 Å². The highest BCUT2D eigenvalue weighted by molar-refractivity contribution is 7.99. The Balaban J connectivity index is 1.74. The van der Waals surface area contributed by atoms with E-state index < -0.39 is 6.04 Å². The van der Waals surface area contributed by atoms with Crippen LogP contribution in [0, 0.1) is 0 Å². The predicted molar refractivity (Wildman–Crippen MR) is 117 cm³/mol. The highest BCUT2D eigenvalue weighted by Gasteiger charge is 2.18. The zero-order valence-electron chi connectivity index (χ0n) is 17.1. The van der Waals surface area contributed by atoms with Crippen molar-refractivity contribution in [3.8, 4) is 5.75 Å². The van der Waals surface area contributed by atoms with Crippen molar-refractivity contribution in [2.24, 2.45) is 7.05 Å². The molecule has 8 heteroatoms. The van der Waals surface area contributed by atoms with E-state index in [4.69, 9.17) is 4.74 Å². The Bertz CT molecular complexity index is 1020. The molecular formula is C22H24N4O3S. The van der Waals surface area contributed by atoms with Crippen LogP contribution in [0.2, 0.25) is 0 Å². The number of amides is 2. The zero-order valence-corrected chi connectivity index (χ0v) is 17.9. The van der Waals surface area contributed by atoms with Crippen molar-refractivity contribution in [3.05, 3.63) is 66.5 Å². The Morgan fingerprint density at radius 3 is 2.53 bits per heavy atom. The molecule has 0 aliphatic carbocycles.